The van der Waals surface area contributed by atoms with Crippen molar-refractivity contribution in [1.29, 1.82) is 0 Å². The summed E-state index contributed by atoms with van der Waals surface area (Å²) in [7, 11) is -3.12. The molecule has 34 heavy (non-hydrogen) atoms. The molecule has 7 heteroatoms. The van der Waals surface area contributed by atoms with Crippen LogP contribution in [0.3, 0.4) is 0 Å². The topological polar surface area (TPSA) is 54.0 Å². The first-order valence-corrected chi connectivity index (χ1v) is 18.1. The highest BCUT2D eigenvalue weighted by atomic mass is 28.3. The molecule has 2 rings (SSSR count). The first-order chi connectivity index (χ1) is 15.8. The van der Waals surface area contributed by atoms with Gasteiger partial charge in [0.25, 0.3) is 0 Å². The Balaban J connectivity index is 1.82. The molecule has 0 aromatic rings. The van der Waals surface area contributed by atoms with Gasteiger partial charge in [0.1, 0.15) is 0 Å². The molecule has 198 valence electrons. The molecule has 0 spiro atoms. The zero-order valence-electron chi connectivity index (χ0n) is 23.3. The fourth-order valence-electron chi connectivity index (χ4n) is 4.08. The van der Waals surface area contributed by atoms with Gasteiger partial charge in [-0.25, -0.2) is 0 Å². The minimum absolute atomic E-state index is 0.0203. The third kappa shape index (κ3) is 9.98. The summed E-state index contributed by atoms with van der Waals surface area (Å²) in [5, 5.41) is 0.241. The molecule has 0 radical (unpaired) electrons. The van der Waals surface area contributed by atoms with E-state index in [1.165, 1.54) is 19.3 Å². The fourth-order valence-corrected chi connectivity index (χ4v) is 6.51. The van der Waals surface area contributed by atoms with Crippen LogP contribution in [0, 0.1) is 0 Å². The lowest BCUT2D eigenvalue weighted by Crippen LogP contribution is -2.46. The average molecular weight is 513 g/mol. The number of ketones is 1. The lowest BCUT2D eigenvalue weighted by Gasteiger charge is -2.40. The van der Waals surface area contributed by atoms with E-state index in [-0.39, 0.29) is 22.1 Å². The zero-order chi connectivity index (χ0) is 25.4. The molecule has 0 amide bonds. The standard InChI is InChI=1S/C27H52O5Si2/c1-25(2,3)33(7)31-27(32-34(8)26(4,5)6)20-22(23(28)21-27)16-12-10-9-11-14-18-29-24-17-13-15-19-30-24/h20,24,33-34H,9-19,21H2,1-8H3. The van der Waals surface area contributed by atoms with Gasteiger partial charge in [0, 0.05) is 13.2 Å². The van der Waals surface area contributed by atoms with E-state index in [4.69, 9.17) is 18.3 Å². The molecule has 3 atom stereocenters. The van der Waals surface area contributed by atoms with E-state index < -0.39 is 23.9 Å². The summed E-state index contributed by atoms with van der Waals surface area (Å²) in [6, 6.07) is 0. The summed E-state index contributed by atoms with van der Waals surface area (Å²) in [6.07, 6.45) is 12.3. The lowest BCUT2D eigenvalue weighted by atomic mass is 10.0. The van der Waals surface area contributed by atoms with Gasteiger partial charge in [0.2, 0.25) is 0 Å². The summed E-state index contributed by atoms with van der Waals surface area (Å²) in [5.74, 6) is -0.617. The lowest BCUT2D eigenvalue weighted by molar-refractivity contribution is -0.162. The van der Waals surface area contributed by atoms with Crippen molar-refractivity contribution >= 4 is 23.9 Å². The number of rotatable bonds is 13. The van der Waals surface area contributed by atoms with Gasteiger partial charge in [-0.2, -0.15) is 0 Å². The fraction of sp³-hybridized carbons (Fsp3) is 0.889. The molecule has 1 fully saturated rings. The number of hydrogen-bond acceptors (Lipinski definition) is 5. The van der Waals surface area contributed by atoms with Crippen molar-refractivity contribution in [2.75, 3.05) is 13.2 Å². The SMILES string of the molecule is C[SiH](OC1(O[SiH](C)C(C)(C)C)C=C(CCCCCCCOC2CCCCO2)C(=O)C1)C(C)(C)C. The largest absolute Gasteiger partial charge is 0.390 e. The maximum Gasteiger partial charge on any atom is 0.183 e. The van der Waals surface area contributed by atoms with Crippen LogP contribution in [0.25, 0.3) is 0 Å². The van der Waals surface area contributed by atoms with Crippen molar-refractivity contribution in [1.82, 2.24) is 0 Å². The molecule has 0 aromatic carbocycles. The van der Waals surface area contributed by atoms with E-state index in [0.29, 0.717) is 6.42 Å². The molecule has 0 aromatic heterocycles. The molecule has 1 saturated heterocycles. The number of allylic oxidation sites excluding steroid dienone is 1. The number of hydrogen-bond donors (Lipinski definition) is 0. The van der Waals surface area contributed by atoms with Gasteiger partial charge in [-0.3, -0.25) is 4.79 Å². The predicted octanol–water partition coefficient (Wildman–Crippen LogP) is 6.81. The smallest absolute Gasteiger partial charge is 0.183 e. The van der Waals surface area contributed by atoms with Crippen LogP contribution in [0.4, 0.5) is 0 Å². The van der Waals surface area contributed by atoms with Gasteiger partial charge in [-0.05, 0) is 73.3 Å². The molecule has 0 bridgehead atoms. The first-order valence-electron chi connectivity index (χ1n) is 13.7. The summed E-state index contributed by atoms with van der Waals surface area (Å²) >= 11 is 0. The molecular formula is C27H52O5Si2. The Labute approximate surface area is 212 Å². The summed E-state index contributed by atoms with van der Waals surface area (Å²) in [4.78, 5) is 13.0. The van der Waals surface area contributed by atoms with E-state index >= 15 is 0 Å². The van der Waals surface area contributed by atoms with Crippen LogP contribution in [0.5, 0.6) is 0 Å². The summed E-state index contributed by atoms with van der Waals surface area (Å²) < 4.78 is 24.8. The van der Waals surface area contributed by atoms with Crippen LogP contribution in [-0.2, 0) is 23.1 Å². The van der Waals surface area contributed by atoms with Crippen LogP contribution in [-0.4, -0.2) is 49.2 Å². The van der Waals surface area contributed by atoms with E-state index in [9.17, 15) is 4.79 Å². The minimum atomic E-state index is -1.56. The maximum absolute atomic E-state index is 13.0. The highest BCUT2D eigenvalue weighted by Crippen LogP contribution is 2.41. The third-order valence-corrected chi connectivity index (χ3v) is 13.8. The second kappa shape index (κ2) is 13.3. The van der Waals surface area contributed by atoms with E-state index in [2.05, 4.69) is 60.7 Å². The molecule has 5 nitrogen and oxygen atoms in total. The van der Waals surface area contributed by atoms with E-state index in [1.807, 2.05) is 0 Å². The van der Waals surface area contributed by atoms with Crippen LogP contribution >= 0.6 is 0 Å². The van der Waals surface area contributed by atoms with Gasteiger partial charge in [0.05, 0.1) is 6.42 Å². The van der Waals surface area contributed by atoms with Gasteiger partial charge >= 0.3 is 0 Å². The van der Waals surface area contributed by atoms with Crippen molar-refractivity contribution in [3.8, 4) is 0 Å². The van der Waals surface area contributed by atoms with Crippen LogP contribution in [0.1, 0.15) is 106 Å². The Hall–Kier alpha value is -0.316. The maximum atomic E-state index is 13.0. The predicted molar refractivity (Wildman–Crippen MR) is 145 cm³/mol. The highest BCUT2D eigenvalue weighted by Gasteiger charge is 2.45. The number of carbonyl (C=O) groups excluding carboxylic acids is 1. The monoisotopic (exact) mass is 512 g/mol. The highest BCUT2D eigenvalue weighted by molar-refractivity contribution is 6.55. The molecule has 3 unspecified atom stereocenters. The van der Waals surface area contributed by atoms with Crippen molar-refractivity contribution in [2.24, 2.45) is 0 Å². The van der Waals surface area contributed by atoms with Crippen molar-refractivity contribution in [2.45, 2.75) is 141 Å². The molecule has 1 heterocycles. The Kier molecular flexibility index (Phi) is 11.7. The van der Waals surface area contributed by atoms with E-state index in [1.54, 1.807) is 0 Å². The molecule has 2 aliphatic rings. The van der Waals surface area contributed by atoms with Crippen molar-refractivity contribution in [3.63, 3.8) is 0 Å². The summed E-state index contributed by atoms with van der Waals surface area (Å²) in [6.45, 7) is 19.5. The van der Waals surface area contributed by atoms with E-state index in [0.717, 1.165) is 57.3 Å². The molecular weight excluding hydrogens is 460 g/mol. The molecule has 0 saturated carbocycles. The van der Waals surface area contributed by atoms with Gasteiger partial charge in [-0.1, -0.05) is 60.8 Å². The molecule has 0 N–H and O–H groups in total. The van der Waals surface area contributed by atoms with Crippen LogP contribution in [0.2, 0.25) is 23.2 Å². The molecule has 1 aliphatic heterocycles. The Morgan fingerprint density at radius 3 is 2.09 bits per heavy atom. The van der Waals surface area contributed by atoms with Gasteiger partial charge in [0.15, 0.2) is 35.9 Å². The molecule has 1 aliphatic carbocycles. The van der Waals surface area contributed by atoms with Crippen molar-refractivity contribution < 1.29 is 23.1 Å². The van der Waals surface area contributed by atoms with Crippen LogP contribution in [0.15, 0.2) is 11.6 Å². The number of ether oxygens (including phenoxy) is 2. The Morgan fingerprint density at radius 1 is 0.941 bits per heavy atom. The number of carbonyl (C=O) groups is 1. The number of Topliss-reactive ketones (excluding diaryl/α,β-unsaturated/α-hetero) is 1. The normalized spacial score (nSPS) is 25.9. The second-order valence-corrected chi connectivity index (χ2v) is 19.0. The quantitative estimate of drug-likeness (QED) is 0.154. The number of unbranched alkanes of at least 4 members (excludes halogenated alkanes) is 4. The third-order valence-electron chi connectivity index (χ3n) is 7.38. The average Bonchev–Trinajstić information content (AvgIpc) is 3.04. The van der Waals surface area contributed by atoms with Crippen molar-refractivity contribution in [3.05, 3.63) is 11.6 Å². The Morgan fingerprint density at radius 2 is 1.53 bits per heavy atom. The second-order valence-electron chi connectivity index (χ2n) is 12.5. The Bertz CT molecular complexity index is 637. The van der Waals surface area contributed by atoms with Crippen LogP contribution < -0.4 is 0 Å². The van der Waals surface area contributed by atoms with Gasteiger partial charge in [-0.15, -0.1) is 0 Å². The summed E-state index contributed by atoms with van der Waals surface area (Å²) in [5.41, 5.74) is 0.919. The van der Waals surface area contributed by atoms with Gasteiger partial charge < -0.3 is 18.3 Å². The first kappa shape index (κ1) is 29.9. The minimum Gasteiger partial charge on any atom is -0.390 e. The zero-order valence-corrected chi connectivity index (χ0v) is 25.6.